The summed E-state index contributed by atoms with van der Waals surface area (Å²) in [6.07, 6.45) is 3.71. The molecule has 1 saturated heterocycles. The van der Waals surface area contributed by atoms with Crippen LogP contribution in [0.25, 0.3) is 10.9 Å². The number of hydrogen-bond donors (Lipinski definition) is 1. The second-order valence-corrected chi connectivity index (χ2v) is 6.76. The van der Waals surface area contributed by atoms with E-state index in [4.69, 9.17) is 11.6 Å². The van der Waals surface area contributed by atoms with Crippen molar-refractivity contribution >= 4 is 34.2 Å². The maximum Gasteiger partial charge on any atom is 0.234 e. The van der Waals surface area contributed by atoms with Crippen LogP contribution in [0.5, 0.6) is 0 Å². The second-order valence-electron chi connectivity index (χ2n) is 6.33. The molecule has 0 saturated carbocycles. The van der Waals surface area contributed by atoms with Gasteiger partial charge in [-0.2, -0.15) is 0 Å². The van der Waals surface area contributed by atoms with Crippen LogP contribution in [-0.2, 0) is 4.79 Å². The maximum absolute atomic E-state index is 11.9. The Morgan fingerprint density at radius 1 is 1.24 bits per heavy atom. The lowest BCUT2D eigenvalue weighted by Crippen LogP contribution is -2.49. The number of carbonyl (C=O) groups excluding carboxylic acids is 1. The van der Waals surface area contributed by atoms with E-state index in [1.165, 1.54) is 0 Å². The van der Waals surface area contributed by atoms with E-state index in [0.29, 0.717) is 11.6 Å². The van der Waals surface area contributed by atoms with E-state index in [2.05, 4.69) is 32.0 Å². The van der Waals surface area contributed by atoms with Gasteiger partial charge in [0.25, 0.3) is 0 Å². The van der Waals surface area contributed by atoms with E-state index in [1.54, 1.807) is 6.33 Å². The van der Waals surface area contributed by atoms with E-state index in [0.717, 1.165) is 62.3 Å². The van der Waals surface area contributed by atoms with E-state index < -0.39 is 0 Å². The van der Waals surface area contributed by atoms with Crippen LogP contribution in [0.2, 0.25) is 5.02 Å². The number of aromatic nitrogens is 2. The largest absolute Gasteiger partial charge is 0.355 e. The number of nitrogens with zero attached hydrogens (tertiary/aromatic N) is 4. The van der Waals surface area contributed by atoms with Gasteiger partial charge in [-0.1, -0.05) is 24.9 Å². The number of anilines is 1. The van der Waals surface area contributed by atoms with Gasteiger partial charge in [0.05, 0.1) is 12.1 Å². The Balaban J connectivity index is 1.58. The summed E-state index contributed by atoms with van der Waals surface area (Å²) < 4.78 is 0. The van der Waals surface area contributed by atoms with Crippen molar-refractivity contribution in [2.75, 3.05) is 44.2 Å². The number of halogens is 1. The minimum atomic E-state index is 0.115. The number of fused-ring (bicyclic) bond motifs is 1. The molecule has 1 aromatic carbocycles. The van der Waals surface area contributed by atoms with Crippen LogP contribution in [0.15, 0.2) is 24.5 Å². The minimum Gasteiger partial charge on any atom is -0.355 e. The first kappa shape index (κ1) is 17.9. The molecule has 2 aromatic rings. The fourth-order valence-electron chi connectivity index (χ4n) is 3.05. The van der Waals surface area contributed by atoms with Crippen molar-refractivity contribution in [3.8, 4) is 0 Å². The predicted octanol–water partition coefficient (Wildman–Crippen LogP) is 2.32. The fourth-order valence-corrected chi connectivity index (χ4v) is 3.22. The number of nitrogens with one attached hydrogen (secondary N) is 1. The Labute approximate surface area is 153 Å². The molecular formula is C18H24ClN5O. The Bertz CT molecular complexity index is 730. The standard InChI is InChI=1S/C18H24ClN5O/c1-2-3-6-20-17(25)12-23-7-9-24(10-8-23)18-15-5-4-14(19)11-16(15)21-13-22-18/h4-5,11,13H,2-3,6-10,12H2,1H3,(H,20,25). The number of piperazine rings is 1. The zero-order chi connectivity index (χ0) is 17.6. The van der Waals surface area contributed by atoms with Crippen LogP contribution in [0.4, 0.5) is 5.82 Å². The molecule has 1 fully saturated rings. The third-order valence-corrected chi connectivity index (χ3v) is 4.70. The predicted molar refractivity (Wildman–Crippen MR) is 101 cm³/mol. The van der Waals surface area contributed by atoms with Gasteiger partial charge in [0, 0.05) is 43.1 Å². The van der Waals surface area contributed by atoms with Gasteiger partial charge in [-0.25, -0.2) is 9.97 Å². The van der Waals surface area contributed by atoms with Crippen molar-refractivity contribution < 1.29 is 4.79 Å². The molecule has 3 rings (SSSR count). The van der Waals surface area contributed by atoms with Crippen LogP contribution in [0, 0.1) is 0 Å². The lowest BCUT2D eigenvalue weighted by atomic mass is 10.2. The van der Waals surface area contributed by atoms with E-state index >= 15 is 0 Å². The molecule has 1 aromatic heterocycles. The van der Waals surface area contributed by atoms with Crippen LogP contribution in [0.1, 0.15) is 19.8 Å². The third kappa shape index (κ3) is 4.58. The molecule has 25 heavy (non-hydrogen) atoms. The van der Waals surface area contributed by atoms with Gasteiger partial charge in [0.15, 0.2) is 0 Å². The van der Waals surface area contributed by atoms with Crippen molar-refractivity contribution in [2.24, 2.45) is 0 Å². The molecule has 1 amide bonds. The van der Waals surface area contributed by atoms with Crippen LogP contribution >= 0.6 is 11.6 Å². The molecule has 0 bridgehead atoms. The highest BCUT2D eigenvalue weighted by Gasteiger charge is 2.21. The molecule has 1 N–H and O–H groups in total. The summed E-state index contributed by atoms with van der Waals surface area (Å²) in [6.45, 7) is 6.74. The van der Waals surface area contributed by atoms with Gasteiger partial charge >= 0.3 is 0 Å². The first-order valence-electron chi connectivity index (χ1n) is 8.81. The SMILES string of the molecule is CCCCNC(=O)CN1CCN(c2ncnc3cc(Cl)ccc23)CC1. The lowest BCUT2D eigenvalue weighted by molar-refractivity contribution is -0.122. The molecular weight excluding hydrogens is 338 g/mol. The van der Waals surface area contributed by atoms with Gasteiger partial charge in [-0.05, 0) is 24.6 Å². The first-order chi connectivity index (χ1) is 12.2. The second kappa shape index (κ2) is 8.45. The summed E-state index contributed by atoms with van der Waals surface area (Å²) in [6, 6.07) is 5.70. The van der Waals surface area contributed by atoms with Gasteiger partial charge in [0.1, 0.15) is 12.1 Å². The van der Waals surface area contributed by atoms with E-state index in [-0.39, 0.29) is 5.91 Å². The Hall–Kier alpha value is -1.92. The van der Waals surface area contributed by atoms with Crippen molar-refractivity contribution in [2.45, 2.75) is 19.8 Å². The molecule has 0 unspecified atom stereocenters. The van der Waals surface area contributed by atoms with Gasteiger partial charge in [-0.15, -0.1) is 0 Å². The highest BCUT2D eigenvalue weighted by Crippen LogP contribution is 2.26. The molecule has 134 valence electrons. The van der Waals surface area contributed by atoms with Crippen LogP contribution in [-0.4, -0.2) is 60.0 Å². The molecule has 0 aliphatic carbocycles. The number of rotatable bonds is 6. The highest BCUT2D eigenvalue weighted by molar-refractivity contribution is 6.31. The zero-order valence-electron chi connectivity index (χ0n) is 14.5. The Kier molecular flexibility index (Phi) is 6.04. The molecule has 7 heteroatoms. The molecule has 2 heterocycles. The summed E-state index contributed by atoms with van der Waals surface area (Å²) >= 11 is 6.05. The van der Waals surface area contributed by atoms with E-state index in [9.17, 15) is 4.79 Å². The molecule has 1 aliphatic rings. The first-order valence-corrected chi connectivity index (χ1v) is 9.19. The van der Waals surface area contributed by atoms with Gasteiger partial charge in [-0.3, -0.25) is 9.69 Å². The molecule has 0 radical (unpaired) electrons. The maximum atomic E-state index is 11.9. The third-order valence-electron chi connectivity index (χ3n) is 4.47. The lowest BCUT2D eigenvalue weighted by Gasteiger charge is -2.35. The molecule has 0 atom stereocenters. The number of carbonyl (C=O) groups is 1. The van der Waals surface area contributed by atoms with Crippen molar-refractivity contribution in [1.29, 1.82) is 0 Å². The highest BCUT2D eigenvalue weighted by atomic mass is 35.5. The smallest absolute Gasteiger partial charge is 0.234 e. The Morgan fingerprint density at radius 3 is 2.80 bits per heavy atom. The minimum absolute atomic E-state index is 0.115. The number of amides is 1. The topological polar surface area (TPSA) is 61.4 Å². The van der Waals surface area contributed by atoms with E-state index in [1.807, 2.05) is 18.2 Å². The van der Waals surface area contributed by atoms with Crippen molar-refractivity contribution in [1.82, 2.24) is 20.2 Å². The zero-order valence-corrected chi connectivity index (χ0v) is 15.3. The summed E-state index contributed by atoms with van der Waals surface area (Å²) in [4.78, 5) is 25.2. The fraction of sp³-hybridized carbons (Fsp3) is 0.500. The average Bonchev–Trinajstić information content (AvgIpc) is 2.62. The molecule has 1 aliphatic heterocycles. The number of hydrogen-bond acceptors (Lipinski definition) is 5. The van der Waals surface area contributed by atoms with Crippen LogP contribution < -0.4 is 10.2 Å². The van der Waals surface area contributed by atoms with Crippen LogP contribution in [0.3, 0.4) is 0 Å². The summed E-state index contributed by atoms with van der Waals surface area (Å²) in [5.74, 6) is 1.05. The Morgan fingerprint density at radius 2 is 2.04 bits per heavy atom. The number of benzene rings is 1. The summed E-state index contributed by atoms with van der Waals surface area (Å²) in [5, 5.41) is 4.66. The normalized spacial score (nSPS) is 15.5. The quantitative estimate of drug-likeness (QED) is 0.800. The van der Waals surface area contributed by atoms with Gasteiger partial charge < -0.3 is 10.2 Å². The number of unbranched alkanes of at least 4 members (excludes halogenated alkanes) is 1. The van der Waals surface area contributed by atoms with Crippen molar-refractivity contribution in [3.05, 3.63) is 29.5 Å². The van der Waals surface area contributed by atoms with Gasteiger partial charge in [0.2, 0.25) is 5.91 Å². The molecule has 6 nitrogen and oxygen atoms in total. The van der Waals surface area contributed by atoms with Crippen molar-refractivity contribution in [3.63, 3.8) is 0 Å². The summed E-state index contributed by atoms with van der Waals surface area (Å²) in [7, 11) is 0. The monoisotopic (exact) mass is 361 g/mol. The summed E-state index contributed by atoms with van der Waals surface area (Å²) in [5.41, 5.74) is 0.857. The average molecular weight is 362 g/mol. The molecule has 0 spiro atoms.